The van der Waals surface area contributed by atoms with Crippen LogP contribution in [0, 0.1) is 0 Å². The van der Waals surface area contributed by atoms with Gasteiger partial charge in [-0.15, -0.1) is 0 Å². The molecule has 0 radical (unpaired) electrons. The smallest absolute Gasteiger partial charge is 0.0466 e. The molecular formula is C13H29NO. The fourth-order valence-electron chi connectivity index (χ4n) is 1.54. The normalized spacial score (nSPS) is 10.8. The van der Waals surface area contributed by atoms with E-state index in [0.29, 0.717) is 0 Å². The first-order valence-corrected chi connectivity index (χ1v) is 6.70. The van der Waals surface area contributed by atoms with Crippen LogP contribution in [0.1, 0.15) is 58.8 Å². The third-order valence-electron chi connectivity index (χ3n) is 2.53. The number of nitrogens with one attached hydrogen (secondary N) is 1. The van der Waals surface area contributed by atoms with E-state index >= 15 is 0 Å². The van der Waals surface area contributed by atoms with Crippen molar-refractivity contribution in [2.24, 2.45) is 0 Å². The van der Waals surface area contributed by atoms with Crippen molar-refractivity contribution in [2.75, 3.05) is 26.3 Å². The summed E-state index contributed by atoms with van der Waals surface area (Å²) in [5.41, 5.74) is 0. The average molecular weight is 215 g/mol. The van der Waals surface area contributed by atoms with Gasteiger partial charge in [-0.3, -0.25) is 0 Å². The minimum absolute atomic E-state index is 0.963. The zero-order valence-electron chi connectivity index (χ0n) is 10.7. The van der Waals surface area contributed by atoms with Gasteiger partial charge in [-0.25, -0.2) is 0 Å². The summed E-state index contributed by atoms with van der Waals surface area (Å²) in [5, 5.41) is 3.34. The first-order chi connectivity index (χ1) is 7.41. The van der Waals surface area contributed by atoms with Crippen molar-refractivity contribution in [1.82, 2.24) is 5.32 Å². The molecule has 0 aliphatic heterocycles. The van der Waals surface area contributed by atoms with E-state index < -0.39 is 0 Å². The molecule has 0 aromatic carbocycles. The van der Waals surface area contributed by atoms with Crippen LogP contribution in [0.2, 0.25) is 0 Å². The maximum atomic E-state index is 5.55. The topological polar surface area (TPSA) is 21.3 Å². The molecule has 2 nitrogen and oxygen atoms in total. The molecular weight excluding hydrogens is 186 g/mol. The van der Waals surface area contributed by atoms with Gasteiger partial charge >= 0.3 is 0 Å². The van der Waals surface area contributed by atoms with Gasteiger partial charge in [-0.05, 0) is 32.4 Å². The Morgan fingerprint density at radius 3 is 2.13 bits per heavy atom. The van der Waals surface area contributed by atoms with Gasteiger partial charge in [-0.1, -0.05) is 39.5 Å². The predicted octanol–water partition coefficient (Wildman–Crippen LogP) is 3.36. The summed E-state index contributed by atoms with van der Waals surface area (Å²) in [7, 11) is 0. The van der Waals surface area contributed by atoms with E-state index in [0.717, 1.165) is 19.8 Å². The quantitative estimate of drug-likeness (QED) is 0.504. The molecule has 0 amide bonds. The molecule has 92 valence electrons. The van der Waals surface area contributed by atoms with Crippen LogP contribution in [0.3, 0.4) is 0 Å². The van der Waals surface area contributed by atoms with Crippen LogP contribution in [-0.4, -0.2) is 26.3 Å². The maximum absolute atomic E-state index is 5.55. The molecule has 0 aromatic heterocycles. The standard InChI is InChI=1S/C13H29NO/c1-3-5-9-12-15-13-10-7-6-8-11-14-4-2/h14H,3-13H2,1-2H3. The highest BCUT2D eigenvalue weighted by atomic mass is 16.5. The van der Waals surface area contributed by atoms with Gasteiger partial charge < -0.3 is 10.1 Å². The van der Waals surface area contributed by atoms with Crippen molar-refractivity contribution < 1.29 is 4.74 Å². The van der Waals surface area contributed by atoms with Crippen LogP contribution in [0.25, 0.3) is 0 Å². The molecule has 0 bridgehead atoms. The summed E-state index contributed by atoms with van der Waals surface area (Å²) in [5.74, 6) is 0. The monoisotopic (exact) mass is 215 g/mol. The van der Waals surface area contributed by atoms with Crippen molar-refractivity contribution in [1.29, 1.82) is 0 Å². The summed E-state index contributed by atoms with van der Waals surface area (Å²) in [4.78, 5) is 0. The highest BCUT2D eigenvalue weighted by Crippen LogP contribution is 2.00. The first kappa shape index (κ1) is 14.9. The number of rotatable bonds is 12. The predicted molar refractivity (Wildman–Crippen MR) is 67.4 cm³/mol. The van der Waals surface area contributed by atoms with Crippen LogP contribution in [0.15, 0.2) is 0 Å². The average Bonchev–Trinajstić information content (AvgIpc) is 2.26. The van der Waals surface area contributed by atoms with Crippen molar-refractivity contribution in [3.63, 3.8) is 0 Å². The van der Waals surface area contributed by atoms with Crippen LogP contribution in [-0.2, 0) is 4.74 Å². The van der Waals surface area contributed by atoms with Crippen LogP contribution >= 0.6 is 0 Å². The lowest BCUT2D eigenvalue weighted by Gasteiger charge is -2.04. The van der Waals surface area contributed by atoms with Gasteiger partial charge in [0.2, 0.25) is 0 Å². The lowest BCUT2D eigenvalue weighted by Crippen LogP contribution is -2.13. The second kappa shape index (κ2) is 13.9. The van der Waals surface area contributed by atoms with Crippen LogP contribution in [0.5, 0.6) is 0 Å². The minimum atomic E-state index is 0.963. The minimum Gasteiger partial charge on any atom is -0.381 e. The van der Waals surface area contributed by atoms with Gasteiger partial charge in [0, 0.05) is 13.2 Å². The lowest BCUT2D eigenvalue weighted by atomic mass is 10.2. The van der Waals surface area contributed by atoms with Gasteiger partial charge in [0.05, 0.1) is 0 Å². The second-order valence-corrected chi connectivity index (χ2v) is 4.09. The van der Waals surface area contributed by atoms with Crippen molar-refractivity contribution in [3.8, 4) is 0 Å². The Morgan fingerprint density at radius 1 is 0.800 bits per heavy atom. The Kier molecular flexibility index (Phi) is 13.8. The fourth-order valence-corrected chi connectivity index (χ4v) is 1.54. The largest absolute Gasteiger partial charge is 0.381 e. The van der Waals surface area contributed by atoms with E-state index in [1.165, 1.54) is 51.5 Å². The summed E-state index contributed by atoms with van der Waals surface area (Å²) in [6.07, 6.45) is 9.03. The third-order valence-corrected chi connectivity index (χ3v) is 2.53. The van der Waals surface area contributed by atoms with Crippen molar-refractivity contribution >= 4 is 0 Å². The molecule has 0 spiro atoms. The molecule has 0 unspecified atom stereocenters. The molecule has 1 N–H and O–H groups in total. The molecule has 2 heteroatoms. The Hall–Kier alpha value is -0.0800. The molecule has 0 saturated heterocycles. The highest BCUT2D eigenvalue weighted by Gasteiger charge is 1.91. The Balaban J connectivity index is 2.81. The molecule has 0 aliphatic carbocycles. The van der Waals surface area contributed by atoms with E-state index in [9.17, 15) is 0 Å². The van der Waals surface area contributed by atoms with E-state index in [1.807, 2.05) is 0 Å². The van der Waals surface area contributed by atoms with Crippen LogP contribution in [0.4, 0.5) is 0 Å². The van der Waals surface area contributed by atoms with Crippen molar-refractivity contribution in [3.05, 3.63) is 0 Å². The highest BCUT2D eigenvalue weighted by molar-refractivity contribution is 4.47. The zero-order valence-corrected chi connectivity index (χ0v) is 10.7. The number of hydrogen-bond donors (Lipinski definition) is 1. The Bertz CT molecular complexity index is 94.7. The second-order valence-electron chi connectivity index (χ2n) is 4.09. The summed E-state index contributed by atoms with van der Waals surface area (Å²) in [6.45, 7) is 8.58. The van der Waals surface area contributed by atoms with Gasteiger partial charge in [-0.2, -0.15) is 0 Å². The molecule has 0 rings (SSSR count). The Morgan fingerprint density at radius 2 is 1.47 bits per heavy atom. The molecule has 0 aliphatic rings. The number of hydrogen-bond acceptors (Lipinski definition) is 2. The summed E-state index contributed by atoms with van der Waals surface area (Å²) >= 11 is 0. The summed E-state index contributed by atoms with van der Waals surface area (Å²) < 4.78 is 5.55. The van der Waals surface area contributed by atoms with E-state index in [4.69, 9.17) is 4.74 Å². The molecule has 15 heavy (non-hydrogen) atoms. The van der Waals surface area contributed by atoms with E-state index in [1.54, 1.807) is 0 Å². The van der Waals surface area contributed by atoms with E-state index in [2.05, 4.69) is 19.2 Å². The third kappa shape index (κ3) is 13.9. The SMILES string of the molecule is CCCCCOCCCCCCNCC. The zero-order chi connectivity index (χ0) is 11.2. The molecule has 0 aromatic rings. The number of unbranched alkanes of at least 4 members (excludes halogenated alkanes) is 5. The molecule has 0 fully saturated rings. The molecule has 0 heterocycles. The fraction of sp³-hybridized carbons (Fsp3) is 1.00. The molecule has 0 atom stereocenters. The van der Waals surface area contributed by atoms with Gasteiger partial charge in [0.25, 0.3) is 0 Å². The van der Waals surface area contributed by atoms with Crippen LogP contribution < -0.4 is 5.32 Å². The van der Waals surface area contributed by atoms with Gasteiger partial charge in [0.15, 0.2) is 0 Å². The Labute approximate surface area is 95.8 Å². The van der Waals surface area contributed by atoms with Gasteiger partial charge in [0.1, 0.15) is 0 Å². The maximum Gasteiger partial charge on any atom is 0.0466 e. The van der Waals surface area contributed by atoms with Crippen molar-refractivity contribution in [2.45, 2.75) is 58.8 Å². The number of ether oxygens (including phenoxy) is 1. The first-order valence-electron chi connectivity index (χ1n) is 6.70. The summed E-state index contributed by atoms with van der Waals surface area (Å²) in [6, 6.07) is 0. The molecule has 0 saturated carbocycles. The lowest BCUT2D eigenvalue weighted by molar-refractivity contribution is 0.126. The van der Waals surface area contributed by atoms with E-state index in [-0.39, 0.29) is 0 Å².